The normalized spacial score (nSPS) is 16.2. The van der Waals surface area contributed by atoms with Crippen LogP contribution in [0.4, 0.5) is 37.7 Å². The molecule has 0 fully saturated rings. The zero-order valence-electron chi connectivity index (χ0n) is 21.6. The van der Waals surface area contributed by atoms with Gasteiger partial charge >= 0.3 is 12.1 Å². The monoisotopic (exact) mass is 572 g/mol. The molecule has 2 aromatic carbocycles. The quantitative estimate of drug-likeness (QED) is 0.392. The summed E-state index contributed by atoms with van der Waals surface area (Å²) in [6, 6.07) is 10.2. The Morgan fingerprint density at radius 2 is 1.50 bits per heavy atom. The molecule has 14 heteroatoms. The third-order valence-electron chi connectivity index (χ3n) is 6.35. The Balaban J connectivity index is 1.90. The summed E-state index contributed by atoms with van der Waals surface area (Å²) in [7, 11) is 0. The van der Waals surface area contributed by atoms with E-state index in [0.717, 1.165) is 13.8 Å². The molecule has 0 aliphatic carbocycles. The lowest BCUT2D eigenvalue weighted by Crippen LogP contribution is -2.58. The third-order valence-corrected chi connectivity index (χ3v) is 6.35. The number of para-hydroxylation sites is 2. The highest BCUT2D eigenvalue weighted by atomic mass is 19.4. The summed E-state index contributed by atoms with van der Waals surface area (Å²) in [6.07, 6.45) is -5.92. The lowest BCUT2D eigenvalue weighted by molar-refractivity contribution is -0.278. The summed E-state index contributed by atoms with van der Waals surface area (Å²) in [5, 5.41) is 3.79. The Labute approximate surface area is 225 Å². The Morgan fingerprint density at radius 3 is 2.05 bits per heavy atom. The van der Waals surface area contributed by atoms with Crippen molar-refractivity contribution in [1.29, 1.82) is 0 Å². The lowest BCUT2D eigenvalue weighted by atomic mass is 9.90. The number of amides is 4. The summed E-state index contributed by atoms with van der Waals surface area (Å²) in [6.45, 7) is 0.642. The van der Waals surface area contributed by atoms with Crippen LogP contribution >= 0.6 is 0 Å². The first-order valence-electron chi connectivity index (χ1n) is 11.9. The highest BCUT2D eigenvalue weighted by molar-refractivity contribution is 6.10. The number of nitrogens with one attached hydrogen (secondary N) is 2. The first-order chi connectivity index (χ1) is 18.5. The van der Waals surface area contributed by atoms with Crippen molar-refractivity contribution in [1.82, 2.24) is 10.6 Å². The molecule has 1 heterocycles. The highest BCUT2D eigenvalue weighted by Crippen LogP contribution is 2.36. The molecule has 1 aliphatic rings. The average molecular weight is 573 g/mol. The number of carbonyl (C=O) groups excluding carboxylic acids is 4. The molecule has 0 saturated heterocycles. The summed E-state index contributed by atoms with van der Waals surface area (Å²) in [4.78, 5) is 54.3. The van der Waals surface area contributed by atoms with Gasteiger partial charge in [-0.3, -0.25) is 19.2 Å². The van der Waals surface area contributed by atoms with Crippen molar-refractivity contribution in [3.05, 3.63) is 59.9 Å². The van der Waals surface area contributed by atoms with Gasteiger partial charge in [-0.15, -0.1) is 0 Å². The molecule has 1 aliphatic heterocycles. The molecule has 2 N–H and O–H groups in total. The summed E-state index contributed by atoms with van der Waals surface area (Å²) < 4.78 is 77.5. The molecular formula is C26H26F6N4O4. The van der Waals surface area contributed by atoms with Crippen LogP contribution in [0.3, 0.4) is 0 Å². The van der Waals surface area contributed by atoms with Crippen LogP contribution in [0.5, 0.6) is 0 Å². The van der Waals surface area contributed by atoms with Crippen LogP contribution in [0.2, 0.25) is 0 Å². The second-order valence-corrected chi connectivity index (χ2v) is 9.71. The Morgan fingerprint density at radius 1 is 0.925 bits per heavy atom. The minimum absolute atomic E-state index is 0.0926. The standard InChI is InChI=1S/C26H26F6N4O4/c1-15(37)35-13-18(34-23(40)24(2,3)22(39)33-14-25(28,29)26(30,31)32)21(38)36(20-7-5-4-6-19(20)35)12-16-8-10-17(27)11-9-16/h4-11,18H,12-14H2,1-3H3,(H,33,39)(H,34,40)/t18-/m0/s1. The van der Waals surface area contributed by atoms with Crippen molar-refractivity contribution in [2.75, 3.05) is 22.9 Å². The second kappa shape index (κ2) is 11.2. The summed E-state index contributed by atoms with van der Waals surface area (Å²) in [5.41, 5.74) is -1.05. The molecule has 1 atom stereocenters. The largest absolute Gasteiger partial charge is 0.455 e. The van der Waals surface area contributed by atoms with E-state index < -0.39 is 59.5 Å². The van der Waals surface area contributed by atoms with Crippen molar-refractivity contribution < 1.29 is 45.5 Å². The number of hydrogen-bond acceptors (Lipinski definition) is 4. The van der Waals surface area contributed by atoms with Gasteiger partial charge in [0.1, 0.15) is 17.3 Å². The van der Waals surface area contributed by atoms with E-state index in [0.29, 0.717) is 16.9 Å². The minimum atomic E-state index is -5.92. The molecule has 3 rings (SSSR count). The van der Waals surface area contributed by atoms with E-state index in [1.54, 1.807) is 24.3 Å². The van der Waals surface area contributed by atoms with Gasteiger partial charge in [0.05, 0.1) is 31.0 Å². The maximum Gasteiger partial charge on any atom is 0.455 e. The van der Waals surface area contributed by atoms with E-state index in [-0.39, 0.29) is 13.1 Å². The third kappa shape index (κ3) is 6.37. The van der Waals surface area contributed by atoms with Crippen LogP contribution in [0, 0.1) is 11.2 Å². The fraction of sp³-hybridized carbons (Fsp3) is 0.385. The molecule has 0 unspecified atom stereocenters. The lowest BCUT2D eigenvalue weighted by Gasteiger charge is -2.29. The van der Waals surface area contributed by atoms with Crippen LogP contribution < -0.4 is 20.4 Å². The van der Waals surface area contributed by atoms with E-state index in [9.17, 15) is 45.5 Å². The van der Waals surface area contributed by atoms with Gasteiger partial charge < -0.3 is 20.4 Å². The first kappa shape index (κ1) is 30.4. The van der Waals surface area contributed by atoms with Crippen molar-refractivity contribution >= 4 is 35.0 Å². The van der Waals surface area contributed by atoms with Gasteiger partial charge in [0.2, 0.25) is 17.7 Å². The van der Waals surface area contributed by atoms with E-state index in [4.69, 9.17) is 0 Å². The van der Waals surface area contributed by atoms with Gasteiger partial charge in [-0.1, -0.05) is 24.3 Å². The number of nitrogens with zero attached hydrogens (tertiary/aromatic N) is 2. The molecule has 8 nitrogen and oxygen atoms in total. The Bertz CT molecular complexity index is 1300. The maximum absolute atomic E-state index is 13.7. The zero-order chi connectivity index (χ0) is 30.0. The van der Waals surface area contributed by atoms with Gasteiger partial charge in [-0.25, -0.2) is 4.39 Å². The molecule has 0 spiro atoms. The van der Waals surface area contributed by atoms with E-state index in [1.807, 2.05) is 0 Å². The molecule has 0 bridgehead atoms. The van der Waals surface area contributed by atoms with Crippen LogP contribution in [-0.4, -0.2) is 54.9 Å². The van der Waals surface area contributed by atoms with Crippen LogP contribution in [0.1, 0.15) is 26.3 Å². The predicted octanol–water partition coefficient (Wildman–Crippen LogP) is 3.55. The van der Waals surface area contributed by atoms with Gasteiger partial charge in [-0.05, 0) is 43.7 Å². The fourth-order valence-electron chi connectivity index (χ4n) is 3.88. The molecular weight excluding hydrogens is 546 g/mol. The molecule has 0 saturated carbocycles. The number of halogens is 6. The highest BCUT2D eigenvalue weighted by Gasteiger charge is 2.57. The average Bonchev–Trinajstić information content (AvgIpc) is 2.98. The van der Waals surface area contributed by atoms with Crippen molar-refractivity contribution in [2.24, 2.45) is 5.41 Å². The zero-order valence-corrected chi connectivity index (χ0v) is 21.6. The van der Waals surface area contributed by atoms with Crippen LogP contribution in [-0.2, 0) is 25.7 Å². The minimum Gasteiger partial charge on any atom is -0.349 e. The van der Waals surface area contributed by atoms with Gasteiger partial charge in [0.25, 0.3) is 5.91 Å². The molecule has 0 aromatic heterocycles. The van der Waals surface area contributed by atoms with Gasteiger partial charge in [0.15, 0.2) is 0 Å². The first-order valence-corrected chi connectivity index (χ1v) is 11.9. The van der Waals surface area contributed by atoms with Crippen molar-refractivity contribution in [3.8, 4) is 0 Å². The van der Waals surface area contributed by atoms with Crippen LogP contribution in [0.15, 0.2) is 48.5 Å². The topological polar surface area (TPSA) is 98.8 Å². The number of benzene rings is 2. The SMILES string of the molecule is CC(=O)N1C[C@H](NC(=O)C(C)(C)C(=O)NCC(F)(F)C(F)(F)F)C(=O)N(Cc2ccc(F)cc2)c2ccccc21. The molecule has 4 amide bonds. The van der Waals surface area contributed by atoms with E-state index in [1.165, 1.54) is 46.3 Å². The number of fused-ring (bicyclic) bond motifs is 1. The summed E-state index contributed by atoms with van der Waals surface area (Å²) in [5.74, 6) is -9.54. The smallest absolute Gasteiger partial charge is 0.349 e. The summed E-state index contributed by atoms with van der Waals surface area (Å²) >= 11 is 0. The maximum atomic E-state index is 13.7. The predicted molar refractivity (Wildman–Crippen MR) is 132 cm³/mol. The molecule has 40 heavy (non-hydrogen) atoms. The van der Waals surface area contributed by atoms with E-state index >= 15 is 0 Å². The fourth-order valence-corrected chi connectivity index (χ4v) is 3.88. The van der Waals surface area contributed by atoms with Crippen LogP contribution in [0.25, 0.3) is 0 Å². The van der Waals surface area contributed by atoms with E-state index in [2.05, 4.69) is 5.32 Å². The number of rotatable bonds is 7. The molecule has 2 aromatic rings. The number of alkyl halides is 5. The molecule has 0 radical (unpaired) electrons. The van der Waals surface area contributed by atoms with Crippen molar-refractivity contribution in [2.45, 2.75) is 45.5 Å². The number of anilines is 2. The Kier molecular flexibility index (Phi) is 8.51. The Hall–Kier alpha value is -4.10. The van der Waals surface area contributed by atoms with Crippen molar-refractivity contribution in [3.63, 3.8) is 0 Å². The number of hydrogen-bond donors (Lipinski definition) is 2. The number of carbonyl (C=O) groups is 4. The second-order valence-electron chi connectivity index (χ2n) is 9.71. The molecule has 216 valence electrons. The van der Waals surface area contributed by atoms with Gasteiger partial charge in [-0.2, -0.15) is 22.0 Å². The van der Waals surface area contributed by atoms with Gasteiger partial charge in [0, 0.05) is 6.92 Å².